The maximum atomic E-state index is 12.6. The monoisotopic (exact) mass is 455 g/mol. The third-order valence-electron chi connectivity index (χ3n) is 5.77. The average molecular weight is 456 g/mol. The van der Waals surface area contributed by atoms with Gasteiger partial charge in [-0.3, -0.25) is 0 Å². The van der Waals surface area contributed by atoms with Crippen molar-refractivity contribution >= 4 is 33.5 Å². The maximum Gasteiger partial charge on any atom is 0.410 e. The van der Waals surface area contributed by atoms with Gasteiger partial charge in [-0.1, -0.05) is 12.1 Å². The van der Waals surface area contributed by atoms with Gasteiger partial charge in [0.1, 0.15) is 21.3 Å². The molecule has 1 aromatic carbocycles. The average Bonchev–Trinajstić information content (AvgIpc) is 3.29. The van der Waals surface area contributed by atoms with Crippen LogP contribution in [0.15, 0.2) is 24.3 Å². The first-order valence-electron chi connectivity index (χ1n) is 11.1. The van der Waals surface area contributed by atoms with Gasteiger partial charge in [-0.25, -0.2) is 14.8 Å². The number of benzene rings is 1. The van der Waals surface area contributed by atoms with Crippen molar-refractivity contribution < 1.29 is 14.3 Å². The summed E-state index contributed by atoms with van der Waals surface area (Å²) in [5.41, 5.74) is 2.31. The summed E-state index contributed by atoms with van der Waals surface area (Å²) in [6.45, 7) is 11.2. The van der Waals surface area contributed by atoms with E-state index in [-0.39, 0.29) is 12.1 Å². The summed E-state index contributed by atoms with van der Waals surface area (Å²) in [6, 6.07) is 8.05. The highest BCUT2D eigenvalue weighted by Gasteiger charge is 2.34. The fourth-order valence-electron chi connectivity index (χ4n) is 4.05. The Kier molecular flexibility index (Phi) is 5.33. The number of para-hydroxylation sites is 2. The second-order valence-corrected chi connectivity index (χ2v) is 10.5. The van der Waals surface area contributed by atoms with Gasteiger partial charge in [-0.05, 0) is 39.8 Å². The number of hydrogen-bond donors (Lipinski definition) is 1. The summed E-state index contributed by atoms with van der Waals surface area (Å²) in [4.78, 5) is 30.0. The Morgan fingerprint density at radius 1 is 1.22 bits per heavy atom. The highest BCUT2D eigenvalue weighted by atomic mass is 32.1. The summed E-state index contributed by atoms with van der Waals surface area (Å²) in [7, 11) is 0. The Morgan fingerprint density at radius 2 is 2.00 bits per heavy atom. The van der Waals surface area contributed by atoms with Crippen LogP contribution >= 0.6 is 11.3 Å². The first-order chi connectivity index (χ1) is 15.3. The van der Waals surface area contributed by atoms with Crippen molar-refractivity contribution in [3.63, 3.8) is 0 Å². The zero-order valence-electron chi connectivity index (χ0n) is 18.9. The lowest BCUT2D eigenvalue weighted by molar-refractivity contribution is 0.00836. The predicted octanol–water partition coefficient (Wildman–Crippen LogP) is 4.25. The molecule has 1 unspecified atom stereocenters. The molecule has 0 radical (unpaired) electrons. The zero-order valence-corrected chi connectivity index (χ0v) is 19.7. The molecule has 0 saturated carbocycles. The summed E-state index contributed by atoms with van der Waals surface area (Å²) in [5.74, 6) is 1.13. The number of anilines is 1. The Morgan fingerprint density at radius 3 is 2.66 bits per heavy atom. The van der Waals surface area contributed by atoms with Gasteiger partial charge in [0, 0.05) is 25.7 Å². The van der Waals surface area contributed by atoms with Gasteiger partial charge in [0.2, 0.25) is 0 Å². The third-order valence-corrected chi connectivity index (χ3v) is 7.05. The minimum Gasteiger partial charge on any atom is -0.444 e. The molecule has 8 nitrogen and oxygen atoms in total. The topological polar surface area (TPSA) is 83.6 Å². The first-order valence-corrected chi connectivity index (χ1v) is 11.9. The molecule has 2 aliphatic rings. The van der Waals surface area contributed by atoms with Crippen LogP contribution in [-0.2, 0) is 9.47 Å². The number of imidazole rings is 1. The summed E-state index contributed by atoms with van der Waals surface area (Å²) < 4.78 is 11.0. The molecule has 2 fully saturated rings. The number of carbonyl (C=O) groups excluding carboxylic acids is 1. The van der Waals surface area contributed by atoms with E-state index in [0.29, 0.717) is 12.5 Å². The normalized spacial score (nSPS) is 19.9. The second kappa shape index (κ2) is 8.04. The zero-order chi connectivity index (χ0) is 22.5. The highest BCUT2D eigenvalue weighted by molar-refractivity contribution is 7.16. The Hall–Kier alpha value is -2.65. The van der Waals surface area contributed by atoms with Crippen LogP contribution in [0.3, 0.4) is 0 Å². The fourth-order valence-corrected chi connectivity index (χ4v) is 5.22. The van der Waals surface area contributed by atoms with E-state index >= 15 is 0 Å². The Labute approximate surface area is 191 Å². The van der Waals surface area contributed by atoms with Crippen molar-refractivity contribution in [3.05, 3.63) is 29.3 Å². The number of ether oxygens (including phenoxy) is 2. The van der Waals surface area contributed by atoms with Crippen molar-refractivity contribution in [2.75, 3.05) is 37.7 Å². The minimum atomic E-state index is -0.500. The molecular weight excluding hydrogens is 426 g/mol. The molecule has 2 aromatic heterocycles. The molecule has 32 heavy (non-hydrogen) atoms. The van der Waals surface area contributed by atoms with E-state index in [2.05, 4.69) is 16.8 Å². The van der Waals surface area contributed by atoms with Crippen molar-refractivity contribution in [2.45, 2.75) is 45.3 Å². The molecule has 1 atom stereocenters. The molecule has 5 rings (SSSR count). The number of hydrogen-bond acceptors (Lipinski definition) is 7. The van der Waals surface area contributed by atoms with Crippen LogP contribution in [0.25, 0.3) is 22.6 Å². The van der Waals surface area contributed by atoms with Crippen molar-refractivity contribution in [2.24, 2.45) is 0 Å². The van der Waals surface area contributed by atoms with E-state index in [9.17, 15) is 4.79 Å². The predicted molar refractivity (Wildman–Crippen MR) is 125 cm³/mol. The number of nitrogens with one attached hydrogen (secondary N) is 1. The number of aromatic nitrogens is 3. The summed E-state index contributed by atoms with van der Waals surface area (Å²) in [6.07, 6.45) is -0.251. The number of nitrogens with zero attached hydrogens (tertiary/aromatic N) is 4. The SMILES string of the molecule is CC1CN(c2sc(C3COC3)nc2-c2nc3ccccc3[nH]2)CCN1C(=O)OC(C)(C)C. The smallest absolute Gasteiger partial charge is 0.410 e. The van der Waals surface area contributed by atoms with Gasteiger partial charge in [0.05, 0.1) is 30.2 Å². The lowest BCUT2D eigenvalue weighted by Gasteiger charge is -2.40. The number of rotatable bonds is 3. The number of carbonyl (C=O) groups is 1. The van der Waals surface area contributed by atoms with Gasteiger partial charge in [0.25, 0.3) is 0 Å². The van der Waals surface area contributed by atoms with Crippen LogP contribution in [0, 0.1) is 0 Å². The van der Waals surface area contributed by atoms with Gasteiger partial charge < -0.3 is 24.3 Å². The van der Waals surface area contributed by atoms with Crippen molar-refractivity contribution in [1.82, 2.24) is 19.9 Å². The van der Waals surface area contributed by atoms with Crippen LogP contribution in [-0.4, -0.2) is 70.4 Å². The van der Waals surface area contributed by atoms with Gasteiger partial charge in [-0.15, -0.1) is 11.3 Å². The number of thiazole rings is 1. The number of H-pyrrole nitrogens is 1. The molecule has 1 N–H and O–H groups in total. The van der Waals surface area contributed by atoms with E-state index < -0.39 is 5.60 Å². The van der Waals surface area contributed by atoms with Crippen LogP contribution in [0.1, 0.15) is 38.6 Å². The Bertz CT molecular complexity index is 1100. The molecule has 0 aliphatic carbocycles. The number of aromatic amines is 1. The van der Waals surface area contributed by atoms with E-state index in [1.807, 2.05) is 49.9 Å². The lowest BCUT2D eigenvalue weighted by Crippen LogP contribution is -2.55. The molecular formula is C23H29N5O3S. The molecule has 9 heteroatoms. The van der Waals surface area contributed by atoms with Crippen LogP contribution in [0.5, 0.6) is 0 Å². The van der Waals surface area contributed by atoms with E-state index in [1.54, 1.807) is 11.3 Å². The lowest BCUT2D eigenvalue weighted by atomic mass is 10.1. The third kappa shape index (κ3) is 4.06. The molecule has 0 bridgehead atoms. The maximum absolute atomic E-state index is 12.6. The molecule has 0 spiro atoms. The van der Waals surface area contributed by atoms with Crippen molar-refractivity contribution in [3.8, 4) is 11.5 Å². The standard InChI is InChI=1S/C23H29N5O3S/c1-14-11-27(9-10-28(14)22(29)31-23(2,3)4)21-18(26-20(32-21)15-12-30-13-15)19-24-16-7-5-6-8-17(16)25-19/h5-8,14-15H,9-13H2,1-4H3,(H,24,25). The second-order valence-electron chi connectivity index (χ2n) is 9.51. The molecule has 1 amide bonds. The minimum absolute atomic E-state index is 0.0275. The van der Waals surface area contributed by atoms with Gasteiger partial charge in [-0.2, -0.15) is 0 Å². The molecule has 170 valence electrons. The fraction of sp³-hybridized carbons (Fsp3) is 0.522. The molecule has 3 aromatic rings. The summed E-state index contributed by atoms with van der Waals surface area (Å²) in [5, 5.41) is 2.19. The number of piperazine rings is 1. The van der Waals surface area contributed by atoms with Crippen LogP contribution in [0.4, 0.5) is 9.80 Å². The largest absolute Gasteiger partial charge is 0.444 e. The van der Waals surface area contributed by atoms with E-state index in [1.165, 1.54) is 0 Å². The first kappa shape index (κ1) is 21.2. The molecule has 2 aliphatic heterocycles. The van der Waals surface area contributed by atoms with E-state index in [0.717, 1.165) is 58.9 Å². The van der Waals surface area contributed by atoms with Crippen LogP contribution in [0.2, 0.25) is 0 Å². The molecule has 2 saturated heterocycles. The highest BCUT2D eigenvalue weighted by Crippen LogP contribution is 2.41. The quantitative estimate of drug-likeness (QED) is 0.636. The Balaban J connectivity index is 1.43. The van der Waals surface area contributed by atoms with Crippen LogP contribution < -0.4 is 4.90 Å². The van der Waals surface area contributed by atoms with Gasteiger partial charge >= 0.3 is 6.09 Å². The van der Waals surface area contributed by atoms with E-state index in [4.69, 9.17) is 19.4 Å². The van der Waals surface area contributed by atoms with Gasteiger partial charge in [0.15, 0.2) is 5.82 Å². The number of amides is 1. The number of fused-ring (bicyclic) bond motifs is 1. The molecule has 4 heterocycles. The van der Waals surface area contributed by atoms with Crippen molar-refractivity contribution in [1.29, 1.82) is 0 Å². The summed E-state index contributed by atoms with van der Waals surface area (Å²) >= 11 is 1.72.